The second-order valence-electron chi connectivity index (χ2n) is 21.1. The number of carbonyl (C=O) groups excluding carboxylic acids is 3. The predicted molar refractivity (Wildman–Crippen MR) is 353 cm³/mol. The monoisotopic (exact) mass is 1260 g/mol. The van der Waals surface area contributed by atoms with Gasteiger partial charge in [-0.15, -0.1) is 0 Å². The van der Waals surface area contributed by atoms with Gasteiger partial charge in [-0.3, -0.25) is 32.5 Å². The third-order valence-electron chi connectivity index (χ3n) is 12.8. The quantitative estimate of drug-likeness (QED) is 0.0146. The molecule has 0 fully saturated rings. The van der Waals surface area contributed by atoms with Gasteiger partial charge in [-0.1, -0.05) is 212 Å². The van der Waals surface area contributed by atoms with E-state index < -0.39 is 91.5 Å². The summed E-state index contributed by atoms with van der Waals surface area (Å²) < 4.78 is 60.7. The van der Waals surface area contributed by atoms with Crippen molar-refractivity contribution < 1.29 is 75.8 Å². The Kier molecular flexibility index (Phi) is 58.8. The number of unbranched alkanes of at least 4 members (excludes halogenated alkanes) is 15. The molecule has 0 amide bonds. The van der Waals surface area contributed by atoms with Gasteiger partial charge >= 0.3 is 33.6 Å². The van der Waals surface area contributed by atoms with E-state index in [1.165, 1.54) is 0 Å². The Hall–Kier alpha value is -4.31. The summed E-state index contributed by atoms with van der Waals surface area (Å²) >= 11 is 0. The molecule has 0 bridgehead atoms. The van der Waals surface area contributed by atoms with Crippen LogP contribution in [0, 0.1) is 0 Å². The zero-order valence-corrected chi connectivity index (χ0v) is 55.2. The van der Waals surface area contributed by atoms with Crippen molar-refractivity contribution in [2.24, 2.45) is 0 Å². The molecule has 0 aromatic heterocycles. The van der Waals surface area contributed by atoms with Crippen molar-refractivity contribution in [3.63, 3.8) is 0 Å². The van der Waals surface area contributed by atoms with E-state index in [1.54, 1.807) is 0 Å². The number of phosphoric acid groups is 2. The van der Waals surface area contributed by atoms with E-state index in [1.807, 2.05) is 0 Å². The zero-order chi connectivity index (χ0) is 63.8. The Balaban J connectivity index is 4.72. The van der Waals surface area contributed by atoms with Gasteiger partial charge in [0.2, 0.25) is 0 Å². The largest absolute Gasteiger partial charge is 0.472 e. The first-order chi connectivity index (χ1) is 42.2. The van der Waals surface area contributed by atoms with Crippen LogP contribution in [-0.2, 0) is 55.8 Å². The Morgan fingerprint density at radius 2 is 0.609 bits per heavy atom. The number of hydrogen-bond acceptors (Lipinski definition) is 14. The van der Waals surface area contributed by atoms with E-state index in [0.29, 0.717) is 19.3 Å². The van der Waals surface area contributed by atoms with Gasteiger partial charge in [0.05, 0.1) is 26.4 Å². The average Bonchev–Trinajstić information content (AvgIpc) is 3.63. The molecule has 0 aromatic rings. The minimum absolute atomic E-state index is 0.0799. The van der Waals surface area contributed by atoms with Gasteiger partial charge in [-0.2, -0.15) is 0 Å². The van der Waals surface area contributed by atoms with Crippen molar-refractivity contribution in [1.29, 1.82) is 0 Å². The van der Waals surface area contributed by atoms with Gasteiger partial charge in [0, 0.05) is 19.3 Å². The van der Waals surface area contributed by atoms with Crippen LogP contribution in [0.25, 0.3) is 0 Å². The predicted octanol–water partition coefficient (Wildman–Crippen LogP) is 17.6. The number of ether oxygens (including phenoxy) is 3. The number of aliphatic hydroxyl groups is 2. The second-order valence-corrected chi connectivity index (χ2v) is 24.1. The molecule has 87 heavy (non-hydrogen) atoms. The number of esters is 3. The number of aliphatic hydroxyl groups excluding tert-OH is 2. The maximum absolute atomic E-state index is 12.9. The molecule has 0 aromatic carbocycles. The topological polar surface area (TPSA) is 231 Å². The zero-order valence-electron chi connectivity index (χ0n) is 53.4. The van der Waals surface area contributed by atoms with E-state index >= 15 is 0 Å². The molecule has 0 aliphatic heterocycles. The van der Waals surface area contributed by atoms with E-state index in [2.05, 4.69) is 154 Å². The summed E-state index contributed by atoms with van der Waals surface area (Å²) in [5.74, 6) is -1.65. The van der Waals surface area contributed by atoms with Gasteiger partial charge in [-0.05, 0) is 128 Å². The van der Waals surface area contributed by atoms with Crippen molar-refractivity contribution in [1.82, 2.24) is 0 Å². The second kappa shape index (κ2) is 61.9. The fraction of sp³-hybridized carbons (Fsp3) is 0.638. The normalized spacial score (nSPS) is 15.2. The number of allylic oxidation sites excluding steroid dienone is 22. The van der Waals surface area contributed by atoms with Crippen LogP contribution in [0.3, 0.4) is 0 Å². The highest BCUT2D eigenvalue weighted by atomic mass is 31.2. The molecule has 0 heterocycles. The summed E-state index contributed by atoms with van der Waals surface area (Å²) in [4.78, 5) is 58.3. The number of hydrogen-bond donors (Lipinski definition) is 4. The van der Waals surface area contributed by atoms with Crippen molar-refractivity contribution in [3.05, 3.63) is 134 Å². The summed E-state index contributed by atoms with van der Waals surface area (Å²) in [5, 5.41) is 20.5. The third-order valence-corrected chi connectivity index (χ3v) is 14.7. The lowest BCUT2D eigenvalue weighted by atomic mass is 10.1. The molecule has 5 atom stereocenters. The van der Waals surface area contributed by atoms with Crippen LogP contribution in [-0.4, -0.2) is 95.9 Å². The summed E-state index contributed by atoms with van der Waals surface area (Å²) in [6.45, 7) is 2.27. The average molecular weight is 1260 g/mol. The molecule has 0 saturated heterocycles. The minimum Gasteiger partial charge on any atom is -0.463 e. The van der Waals surface area contributed by atoms with E-state index in [-0.39, 0.29) is 19.3 Å². The van der Waals surface area contributed by atoms with Crippen molar-refractivity contribution in [2.75, 3.05) is 39.6 Å². The SMILES string of the molecule is CC/C=C\C/C=C\C/C=C\C/C=C\C/C=C\CCCCCC(=O)OCC(O)COP(=O)(O)OCC(O)COP(=O)(O)OCC(COC(=O)CCCCCCCC/C=C\C/C=C\C/C=C\C/C=C\CC)OC(=O)CCCCCCC/C=C\C/C=C\CCC. The molecule has 0 spiro atoms. The number of carbonyl (C=O) groups is 3. The molecule has 0 radical (unpaired) electrons. The summed E-state index contributed by atoms with van der Waals surface area (Å²) in [5.41, 5.74) is 0. The van der Waals surface area contributed by atoms with Crippen LogP contribution < -0.4 is 0 Å². The summed E-state index contributed by atoms with van der Waals surface area (Å²) in [6.07, 6.45) is 70.8. The molecule has 16 nitrogen and oxygen atoms in total. The lowest BCUT2D eigenvalue weighted by Gasteiger charge is -2.21. The Bertz CT molecular complexity index is 2120. The van der Waals surface area contributed by atoms with Crippen molar-refractivity contribution >= 4 is 33.6 Å². The van der Waals surface area contributed by atoms with Crippen LogP contribution in [0.2, 0.25) is 0 Å². The fourth-order valence-corrected chi connectivity index (χ4v) is 9.50. The minimum atomic E-state index is -4.93. The molecule has 0 rings (SSSR count). The van der Waals surface area contributed by atoms with Gasteiger partial charge in [0.25, 0.3) is 0 Å². The molecular formula is C69H114O16P2. The first kappa shape index (κ1) is 82.7. The van der Waals surface area contributed by atoms with Crippen molar-refractivity contribution in [3.8, 4) is 0 Å². The third kappa shape index (κ3) is 63.1. The first-order valence-electron chi connectivity index (χ1n) is 32.5. The molecule has 4 N–H and O–H groups in total. The highest BCUT2D eigenvalue weighted by Gasteiger charge is 2.29. The van der Waals surface area contributed by atoms with Gasteiger partial charge in [0.15, 0.2) is 6.10 Å². The molecule has 0 aliphatic rings. The molecule has 18 heteroatoms. The first-order valence-corrected chi connectivity index (χ1v) is 35.5. The maximum Gasteiger partial charge on any atom is 0.472 e. The summed E-state index contributed by atoms with van der Waals surface area (Å²) in [6, 6.07) is 0. The van der Waals surface area contributed by atoms with Gasteiger partial charge in [0.1, 0.15) is 25.4 Å². The Labute approximate surface area is 525 Å². The van der Waals surface area contributed by atoms with Gasteiger partial charge < -0.3 is 34.2 Å². The van der Waals surface area contributed by atoms with Crippen LogP contribution in [0.5, 0.6) is 0 Å². The summed E-state index contributed by atoms with van der Waals surface area (Å²) in [7, 11) is -9.80. The van der Waals surface area contributed by atoms with Crippen LogP contribution in [0.15, 0.2) is 134 Å². The maximum atomic E-state index is 12.9. The fourth-order valence-electron chi connectivity index (χ4n) is 7.92. The molecular weight excluding hydrogens is 1150 g/mol. The van der Waals surface area contributed by atoms with Crippen molar-refractivity contribution in [2.45, 2.75) is 245 Å². The standard InChI is InChI=1S/C69H114O16P2/c1-4-7-10-13-16-19-22-25-27-29-31-33-35-38-40-43-46-49-52-55-67(72)79-58-64(70)59-81-86(75,76)82-60-65(71)61-83-87(77,78)84-63-66(85-69(74)57-54-51-48-45-42-37-24-21-18-15-12-9-6-3)62-80-68(73)56-53-50-47-44-41-39-36-34-32-30-28-26-23-20-17-14-11-8-5-2/h7-8,10-12,15-17,19-21,24-28,31-34,38,40,64-66,70-71H,4-6,9,13-14,18,22-23,29-30,35-37,39,41-63H2,1-3H3,(H,75,76)(H,77,78)/b10-7-,11-8-,15-12-,19-16-,20-17-,24-21-,27-25-,28-26-,33-31-,34-32-,40-38-. The van der Waals surface area contributed by atoms with Gasteiger partial charge in [-0.25, -0.2) is 9.13 Å². The van der Waals surface area contributed by atoms with E-state index in [9.17, 15) is 43.5 Å². The Morgan fingerprint density at radius 3 is 0.977 bits per heavy atom. The van der Waals surface area contributed by atoms with E-state index in [4.69, 9.17) is 32.3 Å². The molecule has 0 saturated carbocycles. The molecule has 0 aliphatic carbocycles. The van der Waals surface area contributed by atoms with Crippen LogP contribution >= 0.6 is 15.6 Å². The molecule has 496 valence electrons. The van der Waals surface area contributed by atoms with E-state index in [0.717, 1.165) is 167 Å². The van der Waals surface area contributed by atoms with Crippen LogP contribution in [0.4, 0.5) is 0 Å². The lowest BCUT2D eigenvalue weighted by molar-refractivity contribution is -0.161. The number of phosphoric ester groups is 2. The van der Waals surface area contributed by atoms with Crippen LogP contribution in [0.1, 0.15) is 226 Å². The Morgan fingerprint density at radius 1 is 0.333 bits per heavy atom. The highest BCUT2D eigenvalue weighted by molar-refractivity contribution is 7.47. The molecule has 5 unspecified atom stereocenters. The lowest BCUT2D eigenvalue weighted by Crippen LogP contribution is -2.30. The highest BCUT2D eigenvalue weighted by Crippen LogP contribution is 2.45. The smallest absolute Gasteiger partial charge is 0.463 e. The number of rotatable bonds is 60.